The normalized spacial score (nSPS) is 19.8. The zero-order valence-corrected chi connectivity index (χ0v) is 45.7. The Hall–Kier alpha value is -2.37. The molecule has 7 unspecified atom stereocenters. The van der Waals surface area contributed by atoms with Crippen molar-refractivity contribution in [2.75, 3.05) is 13.2 Å². The molecule has 0 aliphatic carbocycles. The van der Waals surface area contributed by atoms with Crippen molar-refractivity contribution in [3.8, 4) is 0 Å². The van der Waals surface area contributed by atoms with E-state index in [1.165, 1.54) is 167 Å². The molecule has 0 bridgehead atoms. The third-order valence-corrected chi connectivity index (χ3v) is 13.8. The molecular formula is C62H111NO8. The van der Waals surface area contributed by atoms with Gasteiger partial charge in [0, 0.05) is 6.42 Å². The molecule has 7 atom stereocenters. The third kappa shape index (κ3) is 40.7. The predicted octanol–water partition coefficient (Wildman–Crippen LogP) is 14.8. The van der Waals surface area contributed by atoms with Crippen LogP contribution in [0.4, 0.5) is 0 Å². The highest BCUT2D eigenvalue weighted by Crippen LogP contribution is 2.23. The summed E-state index contributed by atoms with van der Waals surface area (Å²) in [5.74, 6) is -0.177. The van der Waals surface area contributed by atoms with Crippen molar-refractivity contribution >= 4 is 5.91 Å². The van der Waals surface area contributed by atoms with Crippen LogP contribution in [0.1, 0.15) is 258 Å². The molecule has 1 amide bonds. The quantitative estimate of drug-likeness (QED) is 0.0261. The van der Waals surface area contributed by atoms with Crippen LogP contribution >= 0.6 is 0 Å². The summed E-state index contributed by atoms with van der Waals surface area (Å²) in [5, 5.41) is 54.5. The van der Waals surface area contributed by atoms with Gasteiger partial charge in [-0.15, -0.1) is 0 Å². The minimum absolute atomic E-state index is 0.177. The number of aliphatic hydroxyl groups excluding tert-OH is 5. The maximum Gasteiger partial charge on any atom is 0.220 e. The second-order valence-electron chi connectivity index (χ2n) is 20.4. The number of hydrogen-bond donors (Lipinski definition) is 6. The topological polar surface area (TPSA) is 149 Å². The lowest BCUT2D eigenvalue weighted by Gasteiger charge is -2.40. The Balaban J connectivity index is 2.17. The molecule has 1 saturated heterocycles. The molecule has 0 aromatic rings. The number of carbonyl (C=O) groups is 1. The van der Waals surface area contributed by atoms with Crippen LogP contribution < -0.4 is 5.32 Å². The fourth-order valence-corrected chi connectivity index (χ4v) is 9.13. The summed E-state index contributed by atoms with van der Waals surface area (Å²) in [5.41, 5.74) is 0. The number of allylic oxidation sites excluding steroid dienone is 11. The van der Waals surface area contributed by atoms with Gasteiger partial charge in [-0.2, -0.15) is 0 Å². The van der Waals surface area contributed by atoms with E-state index in [2.05, 4.69) is 79.9 Å². The first-order chi connectivity index (χ1) is 34.8. The molecule has 0 radical (unpaired) electrons. The van der Waals surface area contributed by atoms with Crippen LogP contribution in [0.25, 0.3) is 0 Å². The zero-order chi connectivity index (χ0) is 51.5. The van der Waals surface area contributed by atoms with Gasteiger partial charge in [0.1, 0.15) is 24.4 Å². The molecular weight excluding hydrogens is 887 g/mol. The van der Waals surface area contributed by atoms with Crippen molar-refractivity contribution in [1.29, 1.82) is 0 Å². The van der Waals surface area contributed by atoms with E-state index in [-0.39, 0.29) is 12.5 Å². The van der Waals surface area contributed by atoms with E-state index in [9.17, 15) is 30.3 Å². The molecule has 0 spiro atoms. The lowest BCUT2D eigenvalue weighted by molar-refractivity contribution is -0.302. The number of ether oxygens (including phenoxy) is 2. The average Bonchev–Trinajstić information content (AvgIpc) is 3.37. The molecule has 1 rings (SSSR count). The van der Waals surface area contributed by atoms with Crippen LogP contribution in [0.2, 0.25) is 0 Å². The maximum atomic E-state index is 13.1. The summed E-state index contributed by atoms with van der Waals surface area (Å²) in [4.78, 5) is 13.1. The van der Waals surface area contributed by atoms with Gasteiger partial charge in [0.25, 0.3) is 0 Å². The summed E-state index contributed by atoms with van der Waals surface area (Å²) < 4.78 is 11.3. The van der Waals surface area contributed by atoms with Gasteiger partial charge in [-0.25, -0.2) is 0 Å². The minimum atomic E-state index is -1.57. The molecule has 0 aromatic carbocycles. The van der Waals surface area contributed by atoms with Crippen molar-refractivity contribution in [3.63, 3.8) is 0 Å². The molecule has 1 aliphatic heterocycles. The molecule has 71 heavy (non-hydrogen) atoms. The fourth-order valence-electron chi connectivity index (χ4n) is 9.13. The Bertz CT molecular complexity index is 1340. The second kappa shape index (κ2) is 51.1. The van der Waals surface area contributed by atoms with Gasteiger partial charge in [-0.05, 0) is 64.2 Å². The van der Waals surface area contributed by atoms with Crippen LogP contribution in [-0.4, -0.2) is 87.5 Å². The molecule has 6 N–H and O–H groups in total. The fraction of sp³-hybridized carbons (Fsp3) is 0.790. The van der Waals surface area contributed by atoms with Crippen molar-refractivity contribution < 1.29 is 39.8 Å². The Morgan fingerprint density at radius 2 is 0.873 bits per heavy atom. The van der Waals surface area contributed by atoms with Crippen LogP contribution in [-0.2, 0) is 14.3 Å². The Morgan fingerprint density at radius 1 is 0.493 bits per heavy atom. The van der Waals surface area contributed by atoms with E-state index in [1.807, 2.05) is 6.08 Å². The summed E-state index contributed by atoms with van der Waals surface area (Å²) in [7, 11) is 0. The molecule has 0 saturated carbocycles. The van der Waals surface area contributed by atoms with Crippen LogP contribution in [0.3, 0.4) is 0 Å². The highest BCUT2D eigenvalue weighted by Gasteiger charge is 2.44. The first-order valence-electron chi connectivity index (χ1n) is 29.7. The molecule has 1 heterocycles. The van der Waals surface area contributed by atoms with E-state index in [0.29, 0.717) is 6.42 Å². The monoisotopic (exact) mass is 998 g/mol. The Labute approximate surface area is 436 Å². The van der Waals surface area contributed by atoms with Gasteiger partial charge in [-0.3, -0.25) is 4.79 Å². The van der Waals surface area contributed by atoms with Gasteiger partial charge in [0.2, 0.25) is 5.91 Å². The van der Waals surface area contributed by atoms with Crippen LogP contribution in [0.15, 0.2) is 72.9 Å². The summed E-state index contributed by atoms with van der Waals surface area (Å²) in [6.07, 6.45) is 63.9. The van der Waals surface area contributed by atoms with Crippen molar-refractivity contribution in [1.82, 2.24) is 5.32 Å². The molecule has 1 fully saturated rings. The molecule has 9 heteroatoms. The van der Waals surface area contributed by atoms with Gasteiger partial charge in [0.15, 0.2) is 6.29 Å². The van der Waals surface area contributed by atoms with E-state index < -0.39 is 49.5 Å². The largest absolute Gasteiger partial charge is 0.394 e. The van der Waals surface area contributed by atoms with E-state index in [0.717, 1.165) is 70.6 Å². The van der Waals surface area contributed by atoms with Crippen LogP contribution in [0.5, 0.6) is 0 Å². The van der Waals surface area contributed by atoms with Gasteiger partial charge < -0.3 is 40.3 Å². The van der Waals surface area contributed by atoms with Gasteiger partial charge in [0.05, 0.1) is 25.4 Å². The van der Waals surface area contributed by atoms with E-state index in [4.69, 9.17) is 9.47 Å². The number of aliphatic hydroxyl groups is 5. The van der Waals surface area contributed by atoms with Crippen molar-refractivity contribution in [3.05, 3.63) is 72.9 Å². The van der Waals surface area contributed by atoms with Crippen LogP contribution in [0, 0.1) is 0 Å². The Morgan fingerprint density at radius 3 is 1.30 bits per heavy atom. The second-order valence-corrected chi connectivity index (χ2v) is 20.4. The van der Waals surface area contributed by atoms with E-state index in [1.54, 1.807) is 6.08 Å². The molecule has 0 aromatic heterocycles. The van der Waals surface area contributed by atoms with Gasteiger partial charge in [-0.1, -0.05) is 260 Å². The van der Waals surface area contributed by atoms with Crippen molar-refractivity contribution in [2.24, 2.45) is 0 Å². The number of hydrogen-bond acceptors (Lipinski definition) is 8. The molecule has 412 valence electrons. The summed E-state index contributed by atoms with van der Waals surface area (Å²) in [6.45, 7) is 3.68. The smallest absolute Gasteiger partial charge is 0.220 e. The lowest BCUT2D eigenvalue weighted by atomic mass is 9.99. The number of amides is 1. The average molecular weight is 999 g/mol. The first kappa shape index (κ1) is 66.6. The first-order valence-corrected chi connectivity index (χ1v) is 29.7. The predicted molar refractivity (Wildman–Crippen MR) is 299 cm³/mol. The zero-order valence-electron chi connectivity index (χ0n) is 45.7. The minimum Gasteiger partial charge on any atom is -0.394 e. The van der Waals surface area contributed by atoms with Gasteiger partial charge >= 0.3 is 0 Å². The number of nitrogens with one attached hydrogen (secondary N) is 1. The summed E-state index contributed by atoms with van der Waals surface area (Å²) in [6, 6.07) is -0.807. The maximum absolute atomic E-state index is 13.1. The SMILES string of the molecule is CC/C=C\C/C=C\C/C=C\C/C=C\C/C=C\CCCCCCCCCCCCCCCCCC(=O)NC(COC1OC(CO)C(O)C(O)C1O)C(O)/C=C/CCCCCCCCCCCCCCCCC. The summed E-state index contributed by atoms with van der Waals surface area (Å²) >= 11 is 0. The Kier molecular flexibility index (Phi) is 48.0. The van der Waals surface area contributed by atoms with Crippen molar-refractivity contribution in [2.45, 2.75) is 301 Å². The van der Waals surface area contributed by atoms with E-state index >= 15 is 0 Å². The lowest BCUT2D eigenvalue weighted by Crippen LogP contribution is -2.60. The molecule has 9 nitrogen and oxygen atoms in total. The number of rotatable bonds is 50. The molecule has 1 aliphatic rings. The standard InChI is InChI=1S/C62H111NO8/c1-3-5-7-9-11-13-15-17-19-21-22-23-24-25-26-27-28-29-30-31-32-33-34-36-38-40-42-44-46-48-50-52-58(66)63-55(54-70-62-61(69)60(68)59(67)57(53-64)71-62)56(65)51-49-47-45-43-41-39-37-35-20-18-16-14-12-10-8-6-4-2/h5,7,11,13,17,19,22-23,25-26,49,51,55-57,59-62,64-65,67-69H,3-4,6,8-10,12,14-16,18,20-21,24,27-48,50,52-54H2,1-2H3,(H,63,66)/b7-5-,13-11-,19-17-,23-22-,26-25-,51-49+. The highest BCUT2D eigenvalue weighted by atomic mass is 16.7. The number of carbonyl (C=O) groups excluding carboxylic acids is 1. The third-order valence-electron chi connectivity index (χ3n) is 13.8. The highest BCUT2D eigenvalue weighted by molar-refractivity contribution is 5.76. The number of unbranched alkanes of at least 4 members (excludes halogenated alkanes) is 30.